The molecule has 4 aliphatic rings. The van der Waals surface area contributed by atoms with Gasteiger partial charge in [0.25, 0.3) is 0 Å². The molecule has 67 heavy (non-hydrogen) atoms. The van der Waals surface area contributed by atoms with Crippen LogP contribution in [-0.2, 0) is 64.4 Å². The fourth-order valence-corrected chi connectivity index (χ4v) is 8.04. The van der Waals surface area contributed by atoms with E-state index >= 15 is 0 Å². The second kappa shape index (κ2) is 28.9. The van der Waals surface area contributed by atoms with Crippen LogP contribution in [0.2, 0.25) is 0 Å². The summed E-state index contributed by atoms with van der Waals surface area (Å²) in [5.41, 5.74) is 12.0. The highest BCUT2D eigenvalue weighted by Crippen LogP contribution is 2.35. The van der Waals surface area contributed by atoms with E-state index in [-0.39, 0.29) is 65.9 Å². The number of hydrazine groups is 1. The summed E-state index contributed by atoms with van der Waals surface area (Å²) < 4.78 is 9.86. The number of nitrogens with two attached hydrogens (primary N) is 2. The van der Waals surface area contributed by atoms with E-state index in [0.29, 0.717) is 38.1 Å². The second-order valence-electron chi connectivity index (χ2n) is 17.0. The molecular weight excluding hydrogens is 851 g/mol. The van der Waals surface area contributed by atoms with Crippen LogP contribution >= 0.6 is 0 Å². The average Bonchev–Trinajstić information content (AvgIpc) is 3.28. The van der Waals surface area contributed by atoms with Gasteiger partial charge in [0.05, 0.1) is 31.0 Å². The predicted molar refractivity (Wildman–Crippen MR) is 256 cm³/mol. The number of Topliss-reactive ketones (excluding diaryl/α,β-unsaturated/α-hetero) is 2. The summed E-state index contributed by atoms with van der Waals surface area (Å²) in [6.45, 7) is 8.13. The number of carboxylic acid groups (broad SMARTS) is 1. The number of amides is 1. The highest BCUT2D eigenvalue weighted by molar-refractivity contribution is 5.94. The molecule has 360 valence electrons. The van der Waals surface area contributed by atoms with Crippen molar-refractivity contribution in [1.82, 2.24) is 15.2 Å². The lowest BCUT2D eigenvalue weighted by molar-refractivity contribution is -0.155. The molecule has 0 radical (unpaired) electrons. The van der Waals surface area contributed by atoms with Crippen LogP contribution in [-0.4, -0.2) is 82.6 Å². The SMILES string of the molecule is CCOC(=O)C1CC(=O)C1.CCOC(=O)C1CC(N(Cc2ccccc2)Cc2ccccc2)C1.CN.NNC(=O)C1CC(N(Cc2ccccc2)Cc2ccccc2)C1.O=C1CC(C(=O)O)C1. The number of hydrogen-bond acceptors (Lipinski definition) is 12. The van der Waals surface area contributed by atoms with Gasteiger partial charge in [0.1, 0.15) is 11.6 Å². The molecule has 1 amide bonds. The zero-order valence-corrected chi connectivity index (χ0v) is 39.2. The Balaban J connectivity index is 0.000000210. The van der Waals surface area contributed by atoms with E-state index in [9.17, 15) is 28.8 Å². The van der Waals surface area contributed by atoms with Crippen molar-refractivity contribution in [2.45, 2.75) is 103 Å². The van der Waals surface area contributed by atoms with Gasteiger partial charge in [0.2, 0.25) is 5.91 Å². The van der Waals surface area contributed by atoms with E-state index < -0.39 is 5.97 Å². The third-order valence-corrected chi connectivity index (χ3v) is 12.2. The zero-order chi connectivity index (χ0) is 48.6. The minimum atomic E-state index is -0.843. The van der Waals surface area contributed by atoms with Gasteiger partial charge in [-0.3, -0.25) is 44.0 Å². The summed E-state index contributed by atoms with van der Waals surface area (Å²) in [7, 11) is 1.50. The molecule has 4 fully saturated rings. The van der Waals surface area contributed by atoms with Crippen molar-refractivity contribution in [2.75, 3.05) is 20.3 Å². The van der Waals surface area contributed by atoms with Gasteiger partial charge in [-0.25, -0.2) is 5.84 Å². The van der Waals surface area contributed by atoms with Crippen molar-refractivity contribution >= 4 is 35.4 Å². The van der Waals surface area contributed by atoms with Crippen LogP contribution in [0.15, 0.2) is 121 Å². The van der Waals surface area contributed by atoms with E-state index in [0.717, 1.165) is 51.9 Å². The average molecular weight is 920 g/mol. The van der Waals surface area contributed by atoms with E-state index in [1.54, 1.807) is 6.92 Å². The molecule has 0 unspecified atom stereocenters. The molecule has 0 atom stereocenters. The first-order chi connectivity index (χ1) is 32.5. The standard InChI is InChI=1S/C21H25NO2.C19H23N3O.C7H10O3.C5H6O3.CH5N/c1-2-24-21(23)19-13-20(14-19)22(15-17-9-5-3-6-10-17)16-18-11-7-4-8-12-18;20-21-19(23)17-11-18(12-17)22(13-15-7-3-1-4-8-15)14-16-9-5-2-6-10-16;1-2-10-7(9)5-3-6(8)4-5;6-4-1-3(2-4)5(7)8;1-2/h3-12,19-20H,2,13-16H2,1H3;1-10,17-18H,11-14,20H2,(H,21,23);5H,2-4H2,1H3;3H,1-2H2,(H,7,8);2H2,1H3. The molecule has 0 aliphatic heterocycles. The number of esters is 2. The molecule has 0 aromatic heterocycles. The third-order valence-electron chi connectivity index (χ3n) is 12.2. The Labute approximate surface area is 395 Å². The molecule has 4 aromatic rings. The van der Waals surface area contributed by atoms with Gasteiger partial charge < -0.3 is 20.3 Å². The minimum absolute atomic E-state index is 0.0341. The van der Waals surface area contributed by atoms with E-state index in [2.05, 4.69) is 118 Å². The normalized spacial score (nSPS) is 19.2. The van der Waals surface area contributed by atoms with E-state index in [1.165, 1.54) is 29.3 Å². The van der Waals surface area contributed by atoms with Crippen molar-refractivity contribution in [3.63, 3.8) is 0 Å². The molecule has 0 saturated heterocycles. The number of nitrogens with zero attached hydrogens (tertiary/aromatic N) is 2. The number of carbonyl (C=O) groups excluding carboxylic acids is 5. The van der Waals surface area contributed by atoms with Crippen molar-refractivity contribution in [3.05, 3.63) is 144 Å². The van der Waals surface area contributed by atoms with E-state index in [1.807, 2.05) is 31.2 Å². The zero-order valence-electron chi connectivity index (χ0n) is 39.2. The molecule has 8 rings (SSSR count). The summed E-state index contributed by atoms with van der Waals surface area (Å²) in [6.07, 6.45) is 4.82. The summed E-state index contributed by atoms with van der Waals surface area (Å²) in [5.74, 6) is 3.95. The van der Waals surface area contributed by atoms with E-state index in [4.69, 9.17) is 20.4 Å². The molecule has 4 aliphatic carbocycles. The number of nitrogens with one attached hydrogen (secondary N) is 1. The molecule has 0 bridgehead atoms. The van der Waals surface area contributed by atoms with Crippen LogP contribution in [0, 0.1) is 23.7 Å². The van der Waals surface area contributed by atoms with Crippen LogP contribution in [0.1, 0.15) is 87.5 Å². The maximum absolute atomic E-state index is 11.9. The van der Waals surface area contributed by atoms with Crippen LogP contribution in [0.4, 0.5) is 0 Å². The van der Waals surface area contributed by atoms with Crippen molar-refractivity contribution in [2.24, 2.45) is 35.2 Å². The van der Waals surface area contributed by atoms with Crippen LogP contribution in [0.25, 0.3) is 0 Å². The maximum atomic E-state index is 11.9. The quantitative estimate of drug-likeness (QED) is 0.0402. The Kier molecular flexibility index (Phi) is 23.1. The number of carboxylic acids is 1. The van der Waals surface area contributed by atoms with Crippen LogP contribution in [0.3, 0.4) is 0 Å². The van der Waals surface area contributed by atoms with Gasteiger partial charge in [-0.1, -0.05) is 121 Å². The Morgan fingerprint density at radius 1 is 0.522 bits per heavy atom. The molecule has 14 heteroatoms. The lowest BCUT2D eigenvalue weighted by Gasteiger charge is -2.42. The Hall–Kier alpha value is -6.06. The lowest BCUT2D eigenvalue weighted by atomic mass is 9.78. The van der Waals surface area contributed by atoms with Gasteiger partial charge in [0, 0.05) is 69.9 Å². The van der Waals surface area contributed by atoms with Gasteiger partial charge in [-0.15, -0.1) is 0 Å². The second-order valence-corrected chi connectivity index (χ2v) is 17.0. The minimum Gasteiger partial charge on any atom is -0.481 e. The van der Waals surface area contributed by atoms with Gasteiger partial charge in [-0.05, 0) is 68.8 Å². The predicted octanol–water partition coefficient (Wildman–Crippen LogP) is 6.64. The molecular formula is C53H69N5O9. The van der Waals surface area contributed by atoms with Crippen molar-refractivity contribution < 1.29 is 43.3 Å². The molecule has 0 spiro atoms. The van der Waals surface area contributed by atoms with Crippen LogP contribution in [0.5, 0.6) is 0 Å². The number of ketones is 2. The Morgan fingerprint density at radius 2 is 0.821 bits per heavy atom. The first kappa shape index (κ1) is 53.6. The highest BCUT2D eigenvalue weighted by Gasteiger charge is 2.39. The lowest BCUT2D eigenvalue weighted by Crippen LogP contribution is -2.50. The molecule has 4 aromatic carbocycles. The summed E-state index contributed by atoms with van der Waals surface area (Å²) in [6, 6.07) is 42.9. The molecule has 6 N–H and O–H groups in total. The van der Waals surface area contributed by atoms with Crippen molar-refractivity contribution in [3.8, 4) is 0 Å². The highest BCUT2D eigenvalue weighted by atomic mass is 16.5. The number of rotatable bonds is 16. The largest absolute Gasteiger partial charge is 0.481 e. The monoisotopic (exact) mass is 920 g/mol. The topological polar surface area (TPSA) is 212 Å². The summed E-state index contributed by atoms with van der Waals surface area (Å²) in [4.78, 5) is 69.8. The third kappa shape index (κ3) is 17.9. The number of hydrogen-bond donors (Lipinski definition) is 4. The summed E-state index contributed by atoms with van der Waals surface area (Å²) >= 11 is 0. The van der Waals surface area contributed by atoms with Gasteiger partial charge in [-0.2, -0.15) is 0 Å². The first-order valence-corrected chi connectivity index (χ1v) is 23.3. The summed E-state index contributed by atoms with van der Waals surface area (Å²) in [5, 5.41) is 8.20. The van der Waals surface area contributed by atoms with Crippen LogP contribution < -0.4 is 17.0 Å². The van der Waals surface area contributed by atoms with Crippen molar-refractivity contribution in [1.29, 1.82) is 0 Å². The molecule has 4 saturated carbocycles. The fraction of sp³-hybridized carbons (Fsp3) is 0.434. The van der Waals surface area contributed by atoms with Gasteiger partial charge in [0.15, 0.2) is 0 Å². The first-order valence-electron chi connectivity index (χ1n) is 23.3. The molecule has 0 heterocycles. The number of benzene rings is 4. The number of carbonyl (C=O) groups is 6. The molecule has 14 nitrogen and oxygen atoms in total. The fourth-order valence-electron chi connectivity index (χ4n) is 8.04. The maximum Gasteiger partial charge on any atom is 0.309 e. The van der Waals surface area contributed by atoms with Gasteiger partial charge >= 0.3 is 17.9 Å². The number of aliphatic carboxylic acids is 1. The smallest absolute Gasteiger partial charge is 0.309 e. The Bertz CT molecular complexity index is 2020. The Morgan fingerprint density at radius 3 is 1.09 bits per heavy atom. The number of ether oxygens (including phenoxy) is 2.